The van der Waals surface area contributed by atoms with Crippen LogP contribution in [0.3, 0.4) is 0 Å². The second-order valence-electron chi connectivity index (χ2n) is 9.90. The second kappa shape index (κ2) is 16.1. The number of carbonyl (C=O) groups excluding carboxylic acids is 3. The largest absolute Gasteiger partial charge is 0.489 e. The van der Waals surface area contributed by atoms with Gasteiger partial charge in [-0.05, 0) is 77.9 Å². The van der Waals surface area contributed by atoms with E-state index in [0.29, 0.717) is 40.0 Å². The highest BCUT2D eigenvalue weighted by atomic mass is 35.5. The minimum atomic E-state index is -0.496. The second-order valence-corrected chi connectivity index (χ2v) is 11.4. The lowest BCUT2D eigenvalue weighted by Gasteiger charge is -2.12. The number of ether oxygens (including phenoxy) is 1. The summed E-state index contributed by atoms with van der Waals surface area (Å²) in [6.07, 6.45) is 3.07. The first-order valence-electron chi connectivity index (χ1n) is 14.2. The molecule has 5 aromatic rings. The molecule has 3 amide bonds. The van der Waals surface area contributed by atoms with Crippen molar-refractivity contribution in [3.05, 3.63) is 155 Å². The number of hydrogen-bond donors (Lipinski definition) is 3. The molecule has 8 nitrogen and oxygen atoms in total. The molecule has 3 N–H and O–H groups in total. The van der Waals surface area contributed by atoms with Gasteiger partial charge in [-0.3, -0.25) is 14.4 Å². The van der Waals surface area contributed by atoms with Gasteiger partial charge in [-0.1, -0.05) is 72.3 Å². The number of anilines is 2. The summed E-state index contributed by atoms with van der Waals surface area (Å²) in [6, 6.07) is 36.1. The molecule has 4 aromatic carbocycles. The molecule has 0 saturated heterocycles. The van der Waals surface area contributed by atoms with Gasteiger partial charge in [0.2, 0.25) is 5.91 Å². The minimum absolute atomic E-state index is 0.0674. The Kier molecular flexibility index (Phi) is 11.2. The lowest BCUT2D eigenvalue weighted by molar-refractivity contribution is -0.114. The number of thioether (sulfide) groups is 1. The fourth-order valence-electron chi connectivity index (χ4n) is 4.12. The van der Waals surface area contributed by atoms with E-state index in [0.717, 1.165) is 10.5 Å². The quantitative estimate of drug-likeness (QED) is 0.0957. The van der Waals surface area contributed by atoms with Crippen molar-refractivity contribution < 1.29 is 19.1 Å². The lowest BCUT2D eigenvalue weighted by Crippen LogP contribution is -2.30. The molecule has 230 valence electrons. The monoisotopic (exact) mass is 648 g/mol. The molecular weight excluding hydrogens is 620 g/mol. The number of halogens is 1. The average molecular weight is 649 g/mol. The third-order valence-electron chi connectivity index (χ3n) is 6.45. The van der Waals surface area contributed by atoms with Gasteiger partial charge < -0.3 is 20.7 Å². The maximum absolute atomic E-state index is 13.4. The predicted molar refractivity (Wildman–Crippen MR) is 183 cm³/mol. The standard InChI is InChI=1S/C36H29ClN4O4S/c37-28-13-20-33(38-22-28)41-34(42)24-46-31-18-14-29(15-19-31)39-36(44)32(40-35(43)27-9-5-2-6-10-27)21-25-11-16-30(17-12-25)45-23-26-7-3-1-4-8-26/h1-22H,23-24H2,(H,39,44)(H,40,43)(H,38,41,42)/b32-21-. The Morgan fingerprint density at radius 2 is 1.48 bits per heavy atom. The minimum Gasteiger partial charge on any atom is -0.489 e. The zero-order valence-corrected chi connectivity index (χ0v) is 26.1. The van der Waals surface area contributed by atoms with Crippen molar-refractivity contribution in [2.75, 3.05) is 16.4 Å². The summed E-state index contributed by atoms with van der Waals surface area (Å²) in [5.74, 6) is 0.148. The highest BCUT2D eigenvalue weighted by molar-refractivity contribution is 8.00. The molecule has 0 atom stereocenters. The number of hydrogen-bond acceptors (Lipinski definition) is 6. The summed E-state index contributed by atoms with van der Waals surface area (Å²) in [6.45, 7) is 0.433. The zero-order chi connectivity index (χ0) is 32.1. The summed E-state index contributed by atoms with van der Waals surface area (Å²) in [5, 5.41) is 8.80. The molecule has 0 aliphatic heterocycles. The molecule has 5 rings (SSSR count). The average Bonchev–Trinajstić information content (AvgIpc) is 3.09. The molecule has 0 saturated carbocycles. The Hall–Kier alpha value is -5.38. The Morgan fingerprint density at radius 3 is 2.15 bits per heavy atom. The molecule has 46 heavy (non-hydrogen) atoms. The van der Waals surface area contributed by atoms with Crippen LogP contribution >= 0.6 is 23.4 Å². The highest BCUT2D eigenvalue weighted by Gasteiger charge is 2.15. The van der Waals surface area contributed by atoms with Crippen LogP contribution in [0.25, 0.3) is 6.08 Å². The Balaban J connectivity index is 1.23. The van der Waals surface area contributed by atoms with Crippen molar-refractivity contribution in [1.29, 1.82) is 0 Å². The summed E-state index contributed by atoms with van der Waals surface area (Å²) in [4.78, 5) is 43.6. The normalized spacial score (nSPS) is 10.9. The smallest absolute Gasteiger partial charge is 0.272 e. The summed E-state index contributed by atoms with van der Waals surface area (Å²) in [5.41, 5.74) is 2.76. The Morgan fingerprint density at radius 1 is 0.783 bits per heavy atom. The van der Waals surface area contributed by atoms with Crippen LogP contribution < -0.4 is 20.7 Å². The first kappa shape index (κ1) is 32.0. The third-order valence-corrected chi connectivity index (χ3v) is 7.68. The summed E-state index contributed by atoms with van der Waals surface area (Å²) >= 11 is 7.17. The van der Waals surface area contributed by atoms with E-state index in [9.17, 15) is 14.4 Å². The number of rotatable bonds is 12. The third kappa shape index (κ3) is 9.82. The maximum atomic E-state index is 13.4. The molecule has 1 heterocycles. The lowest BCUT2D eigenvalue weighted by atomic mass is 10.1. The Bertz CT molecular complexity index is 1800. The molecule has 0 bridgehead atoms. The molecule has 10 heteroatoms. The molecule has 0 spiro atoms. The number of carbonyl (C=O) groups is 3. The summed E-state index contributed by atoms with van der Waals surface area (Å²) in [7, 11) is 0. The fraction of sp³-hybridized carbons (Fsp3) is 0.0556. The van der Waals surface area contributed by atoms with Crippen LogP contribution in [0.5, 0.6) is 5.75 Å². The van der Waals surface area contributed by atoms with E-state index in [1.807, 2.05) is 60.7 Å². The topological polar surface area (TPSA) is 109 Å². The highest BCUT2D eigenvalue weighted by Crippen LogP contribution is 2.22. The van der Waals surface area contributed by atoms with Gasteiger partial charge in [-0.15, -0.1) is 11.8 Å². The van der Waals surface area contributed by atoms with E-state index >= 15 is 0 Å². The van der Waals surface area contributed by atoms with Gasteiger partial charge >= 0.3 is 0 Å². The van der Waals surface area contributed by atoms with Gasteiger partial charge in [0.1, 0.15) is 23.9 Å². The molecule has 0 radical (unpaired) electrons. The number of benzene rings is 4. The van der Waals surface area contributed by atoms with E-state index in [2.05, 4.69) is 20.9 Å². The van der Waals surface area contributed by atoms with Crippen LogP contribution in [0.15, 0.2) is 138 Å². The molecule has 0 fully saturated rings. The zero-order valence-electron chi connectivity index (χ0n) is 24.5. The summed E-state index contributed by atoms with van der Waals surface area (Å²) < 4.78 is 5.87. The Labute approximate surface area is 275 Å². The van der Waals surface area contributed by atoms with Crippen LogP contribution in [0.2, 0.25) is 5.02 Å². The van der Waals surface area contributed by atoms with Crippen LogP contribution in [-0.2, 0) is 16.2 Å². The number of aromatic nitrogens is 1. The van der Waals surface area contributed by atoms with Crippen LogP contribution in [0.1, 0.15) is 21.5 Å². The number of nitrogens with one attached hydrogen (secondary N) is 3. The van der Waals surface area contributed by atoms with Gasteiger partial charge in [-0.25, -0.2) is 4.98 Å². The van der Waals surface area contributed by atoms with E-state index in [4.69, 9.17) is 16.3 Å². The molecule has 0 aliphatic carbocycles. The SMILES string of the molecule is O=C(CSc1ccc(NC(=O)/C(=C/c2ccc(OCc3ccccc3)cc2)NC(=O)c2ccccc2)cc1)Nc1ccc(Cl)cn1. The van der Waals surface area contributed by atoms with Crippen molar-refractivity contribution in [1.82, 2.24) is 10.3 Å². The van der Waals surface area contributed by atoms with Gasteiger partial charge in [0.25, 0.3) is 11.8 Å². The van der Waals surface area contributed by atoms with E-state index < -0.39 is 11.8 Å². The van der Waals surface area contributed by atoms with E-state index in [1.54, 1.807) is 66.7 Å². The molecule has 0 aliphatic rings. The van der Waals surface area contributed by atoms with Crippen LogP contribution in [-0.4, -0.2) is 28.5 Å². The first-order valence-corrected chi connectivity index (χ1v) is 15.6. The van der Waals surface area contributed by atoms with E-state index in [-0.39, 0.29) is 17.4 Å². The van der Waals surface area contributed by atoms with Crippen molar-refractivity contribution in [2.24, 2.45) is 0 Å². The predicted octanol–water partition coefficient (Wildman–Crippen LogP) is 7.45. The van der Waals surface area contributed by atoms with Crippen LogP contribution in [0.4, 0.5) is 11.5 Å². The van der Waals surface area contributed by atoms with Gasteiger partial charge in [0.05, 0.1) is 10.8 Å². The molecule has 0 unspecified atom stereocenters. The van der Waals surface area contributed by atoms with Crippen molar-refractivity contribution in [2.45, 2.75) is 11.5 Å². The van der Waals surface area contributed by atoms with Crippen molar-refractivity contribution in [3.63, 3.8) is 0 Å². The molecule has 1 aromatic heterocycles. The van der Waals surface area contributed by atoms with Gasteiger partial charge in [-0.2, -0.15) is 0 Å². The fourth-order valence-corrected chi connectivity index (χ4v) is 4.93. The van der Waals surface area contributed by atoms with Crippen LogP contribution in [0, 0.1) is 0 Å². The van der Waals surface area contributed by atoms with Gasteiger partial charge in [0.15, 0.2) is 0 Å². The maximum Gasteiger partial charge on any atom is 0.272 e. The first-order chi connectivity index (χ1) is 22.4. The molecular formula is C36H29ClN4O4S. The van der Waals surface area contributed by atoms with Crippen molar-refractivity contribution in [3.8, 4) is 5.75 Å². The van der Waals surface area contributed by atoms with E-state index in [1.165, 1.54) is 18.0 Å². The number of nitrogens with zero attached hydrogens (tertiary/aromatic N) is 1. The number of amides is 3. The number of pyridine rings is 1. The van der Waals surface area contributed by atoms with Crippen molar-refractivity contribution >= 4 is 58.7 Å². The van der Waals surface area contributed by atoms with Gasteiger partial charge in [0, 0.05) is 22.3 Å².